The minimum Gasteiger partial charge on any atom is -0.466 e. The summed E-state index contributed by atoms with van der Waals surface area (Å²) in [5.74, 6) is -1.32. The SMILES string of the molecule is COC(=O)/C=c1\s/c(=C(/C#N)C(=O)NCc2ccccc2)n(-c2ccccc2)c1=O. The van der Waals surface area contributed by atoms with E-state index in [1.54, 1.807) is 30.3 Å². The first kappa shape index (κ1) is 20.8. The second-order valence-corrected chi connectivity index (χ2v) is 7.10. The molecule has 7 nitrogen and oxygen atoms in total. The number of benzene rings is 2. The predicted molar refractivity (Wildman–Crippen MR) is 113 cm³/mol. The minimum atomic E-state index is -0.702. The van der Waals surface area contributed by atoms with Gasteiger partial charge in [0.1, 0.15) is 15.3 Å². The Balaban J connectivity index is 2.16. The van der Waals surface area contributed by atoms with Gasteiger partial charge >= 0.3 is 5.97 Å². The molecule has 0 spiro atoms. The molecule has 2 aromatic carbocycles. The van der Waals surface area contributed by atoms with Crippen molar-refractivity contribution in [3.05, 3.63) is 85.8 Å². The van der Waals surface area contributed by atoms with Crippen molar-refractivity contribution in [3.8, 4) is 11.8 Å². The van der Waals surface area contributed by atoms with E-state index in [0.717, 1.165) is 23.0 Å². The minimum absolute atomic E-state index is 0.0595. The number of nitriles is 1. The summed E-state index contributed by atoms with van der Waals surface area (Å²) >= 11 is 0.881. The molecule has 1 N–H and O–H groups in total. The van der Waals surface area contributed by atoms with Crippen molar-refractivity contribution in [2.24, 2.45) is 0 Å². The Kier molecular flexibility index (Phi) is 6.57. The lowest BCUT2D eigenvalue weighted by Gasteiger charge is -2.06. The molecule has 150 valence electrons. The van der Waals surface area contributed by atoms with Gasteiger partial charge in [0.25, 0.3) is 11.5 Å². The number of nitrogens with zero attached hydrogens (tertiary/aromatic N) is 2. The molecule has 0 unspecified atom stereocenters. The van der Waals surface area contributed by atoms with Crippen LogP contribution in [0.5, 0.6) is 0 Å². The molecular weight excluding hydrogens is 402 g/mol. The number of thiazole rings is 1. The number of rotatable bonds is 5. The summed E-state index contributed by atoms with van der Waals surface area (Å²) in [5, 5.41) is 12.4. The van der Waals surface area contributed by atoms with E-state index in [2.05, 4.69) is 10.1 Å². The largest absolute Gasteiger partial charge is 0.466 e. The quantitative estimate of drug-likeness (QED) is 0.618. The average Bonchev–Trinajstić information content (AvgIpc) is 3.09. The first-order chi connectivity index (χ1) is 14.5. The van der Waals surface area contributed by atoms with Gasteiger partial charge in [-0.05, 0) is 17.7 Å². The van der Waals surface area contributed by atoms with Crippen LogP contribution in [0, 0.1) is 11.3 Å². The Morgan fingerprint density at radius 2 is 1.77 bits per heavy atom. The highest BCUT2D eigenvalue weighted by atomic mass is 32.1. The van der Waals surface area contributed by atoms with E-state index < -0.39 is 17.4 Å². The molecule has 0 aliphatic heterocycles. The maximum absolute atomic E-state index is 12.9. The fourth-order valence-electron chi connectivity index (χ4n) is 2.69. The lowest BCUT2D eigenvalue weighted by atomic mass is 10.2. The van der Waals surface area contributed by atoms with Gasteiger partial charge in [0, 0.05) is 12.6 Å². The molecule has 30 heavy (non-hydrogen) atoms. The van der Waals surface area contributed by atoms with Gasteiger partial charge in [-0.1, -0.05) is 48.5 Å². The highest BCUT2D eigenvalue weighted by Crippen LogP contribution is 2.04. The number of hydrogen-bond donors (Lipinski definition) is 1. The molecular formula is C22H17N3O4S. The second kappa shape index (κ2) is 9.49. The van der Waals surface area contributed by atoms with Crippen LogP contribution in [0.2, 0.25) is 0 Å². The Morgan fingerprint density at radius 3 is 2.37 bits per heavy atom. The predicted octanol–water partition coefficient (Wildman–Crippen LogP) is 0.843. The van der Waals surface area contributed by atoms with Gasteiger partial charge in [-0.25, -0.2) is 4.79 Å². The topological polar surface area (TPSA) is 101 Å². The van der Waals surface area contributed by atoms with Crippen molar-refractivity contribution in [2.45, 2.75) is 6.54 Å². The summed E-state index contributed by atoms with van der Waals surface area (Å²) < 4.78 is 6.04. The monoisotopic (exact) mass is 419 g/mol. The summed E-state index contributed by atoms with van der Waals surface area (Å²) in [6, 6.07) is 19.7. The molecule has 0 aliphatic carbocycles. The number of esters is 1. The normalized spacial score (nSPS) is 12.1. The van der Waals surface area contributed by atoms with Crippen LogP contribution in [-0.2, 0) is 20.9 Å². The highest BCUT2D eigenvalue weighted by Gasteiger charge is 2.17. The number of para-hydroxylation sites is 1. The Hall–Kier alpha value is -3.96. The van der Waals surface area contributed by atoms with E-state index in [1.165, 1.54) is 11.7 Å². The number of methoxy groups -OCH3 is 1. The van der Waals surface area contributed by atoms with Gasteiger partial charge in [0.2, 0.25) is 0 Å². The van der Waals surface area contributed by atoms with Crippen molar-refractivity contribution in [2.75, 3.05) is 7.11 Å². The van der Waals surface area contributed by atoms with Crippen molar-refractivity contribution < 1.29 is 14.3 Å². The van der Waals surface area contributed by atoms with E-state index in [0.29, 0.717) is 5.69 Å². The number of aromatic nitrogens is 1. The van der Waals surface area contributed by atoms with E-state index in [9.17, 15) is 19.6 Å². The lowest BCUT2D eigenvalue weighted by molar-refractivity contribution is -0.133. The van der Waals surface area contributed by atoms with Crippen LogP contribution in [0.3, 0.4) is 0 Å². The summed E-state index contributed by atoms with van der Waals surface area (Å²) in [6.45, 7) is 0.229. The van der Waals surface area contributed by atoms with Gasteiger partial charge in [-0.3, -0.25) is 14.2 Å². The molecule has 0 fully saturated rings. The average molecular weight is 419 g/mol. The van der Waals surface area contributed by atoms with Crippen LogP contribution in [0.15, 0.2) is 65.5 Å². The van der Waals surface area contributed by atoms with Crippen molar-refractivity contribution in [3.63, 3.8) is 0 Å². The Morgan fingerprint density at radius 1 is 1.13 bits per heavy atom. The molecule has 0 saturated carbocycles. The molecule has 1 heterocycles. The maximum atomic E-state index is 12.9. The van der Waals surface area contributed by atoms with Crippen LogP contribution < -0.4 is 20.1 Å². The molecule has 0 atom stereocenters. The van der Waals surface area contributed by atoms with E-state index in [-0.39, 0.29) is 21.3 Å². The molecule has 0 radical (unpaired) electrons. The van der Waals surface area contributed by atoms with E-state index in [4.69, 9.17) is 0 Å². The van der Waals surface area contributed by atoms with Gasteiger partial charge < -0.3 is 10.1 Å². The molecule has 1 aromatic heterocycles. The number of hydrogen-bond acceptors (Lipinski definition) is 6. The molecule has 3 rings (SSSR count). The third-order valence-corrected chi connectivity index (χ3v) is 5.23. The zero-order valence-corrected chi connectivity index (χ0v) is 16.8. The van der Waals surface area contributed by atoms with Crippen LogP contribution in [0.4, 0.5) is 0 Å². The summed E-state index contributed by atoms with van der Waals surface area (Å²) in [4.78, 5) is 37.3. The van der Waals surface area contributed by atoms with Crippen molar-refractivity contribution >= 4 is 34.9 Å². The standard InChI is InChI=1S/C22H17N3O4S/c1-29-19(26)12-18-21(28)25(16-10-6-3-7-11-16)22(30-18)17(13-23)20(27)24-14-15-8-4-2-5-9-15/h2-12H,14H2,1H3,(H,24,27)/b18-12-,22-17-. The first-order valence-electron chi connectivity index (χ1n) is 8.88. The molecule has 1 amide bonds. The van der Waals surface area contributed by atoms with Crippen LogP contribution in [0.25, 0.3) is 17.3 Å². The number of ether oxygens (including phenoxy) is 1. The molecule has 3 aromatic rings. The Bertz CT molecular complexity index is 1290. The first-order valence-corrected chi connectivity index (χ1v) is 9.70. The smallest absolute Gasteiger partial charge is 0.332 e. The van der Waals surface area contributed by atoms with Gasteiger partial charge in [-0.15, -0.1) is 11.3 Å². The van der Waals surface area contributed by atoms with Gasteiger partial charge in [-0.2, -0.15) is 5.26 Å². The number of amides is 1. The lowest BCUT2D eigenvalue weighted by Crippen LogP contribution is -2.34. The fraction of sp³-hybridized carbons (Fsp3) is 0.0909. The van der Waals surface area contributed by atoms with Crippen LogP contribution in [0.1, 0.15) is 5.56 Å². The van der Waals surface area contributed by atoms with Gasteiger partial charge in [0.05, 0.1) is 12.8 Å². The Labute approximate surface area is 175 Å². The van der Waals surface area contributed by atoms with Crippen molar-refractivity contribution in [1.82, 2.24) is 9.88 Å². The second-order valence-electron chi connectivity index (χ2n) is 6.07. The third-order valence-electron chi connectivity index (χ3n) is 4.14. The number of carbonyl (C=O) groups is 2. The summed E-state index contributed by atoms with van der Waals surface area (Å²) in [5.41, 5.74) is 0.605. The van der Waals surface area contributed by atoms with E-state index >= 15 is 0 Å². The van der Waals surface area contributed by atoms with Crippen molar-refractivity contribution in [1.29, 1.82) is 5.26 Å². The molecule has 0 bridgehead atoms. The van der Waals surface area contributed by atoms with E-state index in [1.807, 2.05) is 36.4 Å². The number of nitrogens with one attached hydrogen (secondary N) is 1. The molecule has 8 heteroatoms. The van der Waals surface area contributed by atoms with Crippen LogP contribution in [-0.4, -0.2) is 23.6 Å². The third kappa shape index (κ3) is 4.54. The number of carbonyl (C=O) groups excluding carboxylic acids is 2. The zero-order chi connectivity index (χ0) is 21.5. The molecule has 0 saturated heterocycles. The van der Waals surface area contributed by atoms with Crippen LogP contribution >= 0.6 is 11.3 Å². The zero-order valence-electron chi connectivity index (χ0n) is 16.0. The highest BCUT2D eigenvalue weighted by molar-refractivity contribution is 7.07. The summed E-state index contributed by atoms with van der Waals surface area (Å²) in [6.07, 6.45) is 1.05. The summed E-state index contributed by atoms with van der Waals surface area (Å²) in [7, 11) is 1.20. The fourth-order valence-corrected chi connectivity index (χ4v) is 3.75. The molecule has 0 aliphatic rings. The maximum Gasteiger partial charge on any atom is 0.332 e. The van der Waals surface area contributed by atoms with Gasteiger partial charge in [0.15, 0.2) is 5.57 Å².